The third-order valence-corrected chi connectivity index (χ3v) is 5.21. The molecule has 1 aliphatic rings. The summed E-state index contributed by atoms with van der Waals surface area (Å²) in [5.41, 5.74) is 5.34. The van der Waals surface area contributed by atoms with Crippen molar-refractivity contribution >= 4 is 11.8 Å². The summed E-state index contributed by atoms with van der Waals surface area (Å²) in [5.74, 6) is 0.206. The van der Waals surface area contributed by atoms with E-state index in [1.807, 2.05) is 24.3 Å². The molecule has 2 aromatic carbocycles. The van der Waals surface area contributed by atoms with Gasteiger partial charge in [0.2, 0.25) is 11.8 Å². The maximum atomic E-state index is 13.1. The van der Waals surface area contributed by atoms with Gasteiger partial charge in [-0.25, -0.2) is 4.39 Å². The number of morpholine rings is 1. The summed E-state index contributed by atoms with van der Waals surface area (Å²) in [5, 5.41) is 0. The molecular weight excluding hydrogens is 403 g/mol. The van der Waals surface area contributed by atoms with Crippen molar-refractivity contribution in [1.29, 1.82) is 0 Å². The number of rotatable bonds is 9. The first kappa shape index (κ1) is 22.6. The average Bonchev–Trinajstić information content (AvgIpc) is 2.77. The highest BCUT2D eigenvalue weighted by atomic mass is 19.1. The van der Waals surface area contributed by atoms with Gasteiger partial charge in [-0.2, -0.15) is 0 Å². The van der Waals surface area contributed by atoms with Crippen LogP contribution in [0.15, 0.2) is 48.5 Å². The standard InChI is InChI=1S/C23H27FN2O5/c1-29-20-5-3-2-4-17(20)6-11-22(28)26-12-13-31-23(15-26,14-21(25)27)16-30-19-9-7-18(24)8-10-19/h2-5,7-10H,6,11-16H2,1H3,(H2,25,27)/t23-/m1/s1. The summed E-state index contributed by atoms with van der Waals surface area (Å²) in [4.78, 5) is 26.3. The average molecular weight is 430 g/mol. The van der Waals surface area contributed by atoms with Gasteiger partial charge >= 0.3 is 0 Å². The van der Waals surface area contributed by atoms with Crippen LogP contribution in [0.2, 0.25) is 0 Å². The normalized spacial score (nSPS) is 18.5. The predicted octanol–water partition coefficient (Wildman–Crippen LogP) is 2.32. The van der Waals surface area contributed by atoms with Gasteiger partial charge in [-0.1, -0.05) is 18.2 Å². The molecule has 1 saturated heterocycles. The van der Waals surface area contributed by atoms with E-state index in [9.17, 15) is 14.0 Å². The number of para-hydroxylation sites is 1. The molecule has 7 nitrogen and oxygen atoms in total. The molecule has 8 heteroatoms. The van der Waals surface area contributed by atoms with E-state index in [1.54, 1.807) is 12.0 Å². The minimum atomic E-state index is -1.06. The van der Waals surface area contributed by atoms with Crippen LogP contribution in [-0.2, 0) is 20.7 Å². The zero-order valence-electron chi connectivity index (χ0n) is 17.5. The maximum Gasteiger partial charge on any atom is 0.223 e. The van der Waals surface area contributed by atoms with Crippen molar-refractivity contribution in [1.82, 2.24) is 4.90 Å². The second kappa shape index (κ2) is 10.3. The fraction of sp³-hybridized carbons (Fsp3) is 0.391. The third kappa shape index (κ3) is 6.18. The second-order valence-electron chi connectivity index (χ2n) is 7.54. The Balaban J connectivity index is 1.65. The molecule has 166 valence electrons. The number of amides is 2. The largest absolute Gasteiger partial charge is 0.496 e. The van der Waals surface area contributed by atoms with Crippen molar-refractivity contribution in [3.05, 3.63) is 59.9 Å². The molecule has 0 aliphatic carbocycles. The monoisotopic (exact) mass is 430 g/mol. The number of hydrogen-bond acceptors (Lipinski definition) is 5. The molecule has 2 aromatic rings. The van der Waals surface area contributed by atoms with Crippen molar-refractivity contribution in [3.8, 4) is 11.5 Å². The molecular formula is C23H27FN2O5. The number of carbonyl (C=O) groups is 2. The number of carbonyl (C=O) groups excluding carboxylic acids is 2. The van der Waals surface area contributed by atoms with Crippen LogP contribution in [0.3, 0.4) is 0 Å². The minimum absolute atomic E-state index is 0.0118. The fourth-order valence-corrected chi connectivity index (χ4v) is 3.68. The summed E-state index contributed by atoms with van der Waals surface area (Å²) in [6.45, 7) is 0.877. The Hall–Kier alpha value is -3.13. The lowest BCUT2D eigenvalue weighted by molar-refractivity contribution is -0.161. The van der Waals surface area contributed by atoms with Crippen LogP contribution in [0.5, 0.6) is 11.5 Å². The third-order valence-electron chi connectivity index (χ3n) is 5.21. The van der Waals surface area contributed by atoms with Gasteiger partial charge in [-0.3, -0.25) is 9.59 Å². The molecule has 0 bridgehead atoms. The first-order chi connectivity index (χ1) is 14.9. The number of primary amides is 1. The predicted molar refractivity (Wildman–Crippen MR) is 112 cm³/mol. The molecule has 1 fully saturated rings. The van der Waals surface area contributed by atoms with Gasteiger partial charge in [0, 0.05) is 13.0 Å². The van der Waals surface area contributed by atoms with Gasteiger partial charge in [0.05, 0.1) is 26.7 Å². The van der Waals surface area contributed by atoms with Gasteiger partial charge in [0.1, 0.15) is 29.5 Å². The van der Waals surface area contributed by atoms with E-state index in [4.69, 9.17) is 19.9 Å². The van der Waals surface area contributed by atoms with Gasteiger partial charge < -0.3 is 24.8 Å². The van der Waals surface area contributed by atoms with Crippen LogP contribution in [-0.4, -0.2) is 55.7 Å². The summed E-state index contributed by atoms with van der Waals surface area (Å²) in [7, 11) is 1.60. The van der Waals surface area contributed by atoms with Gasteiger partial charge in [-0.05, 0) is 42.3 Å². The summed E-state index contributed by atoms with van der Waals surface area (Å²) < 4.78 is 30.1. The van der Waals surface area contributed by atoms with Crippen molar-refractivity contribution in [2.24, 2.45) is 5.73 Å². The summed E-state index contributed by atoms with van der Waals surface area (Å²) in [6.07, 6.45) is 0.741. The van der Waals surface area contributed by atoms with Crippen LogP contribution in [0, 0.1) is 5.82 Å². The first-order valence-electron chi connectivity index (χ1n) is 10.1. The molecule has 2 N–H and O–H groups in total. The summed E-state index contributed by atoms with van der Waals surface area (Å²) >= 11 is 0. The van der Waals surface area contributed by atoms with Crippen molar-refractivity contribution in [3.63, 3.8) is 0 Å². The second-order valence-corrected chi connectivity index (χ2v) is 7.54. The Morgan fingerprint density at radius 2 is 1.94 bits per heavy atom. The topological polar surface area (TPSA) is 91.1 Å². The lowest BCUT2D eigenvalue weighted by Gasteiger charge is -2.42. The lowest BCUT2D eigenvalue weighted by atomic mass is 9.97. The van der Waals surface area contributed by atoms with Crippen LogP contribution >= 0.6 is 0 Å². The molecule has 1 aliphatic heterocycles. The molecule has 1 heterocycles. The fourth-order valence-electron chi connectivity index (χ4n) is 3.68. The molecule has 31 heavy (non-hydrogen) atoms. The Kier molecular flexibility index (Phi) is 7.46. The Labute approximate surface area is 180 Å². The van der Waals surface area contributed by atoms with Gasteiger partial charge in [-0.15, -0.1) is 0 Å². The Morgan fingerprint density at radius 1 is 1.19 bits per heavy atom. The number of aryl methyl sites for hydroxylation is 1. The first-order valence-corrected chi connectivity index (χ1v) is 10.1. The van der Waals surface area contributed by atoms with Crippen LogP contribution in [0.4, 0.5) is 4.39 Å². The molecule has 2 amide bonds. The molecule has 0 radical (unpaired) electrons. The molecule has 0 unspecified atom stereocenters. The Morgan fingerprint density at radius 3 is 2.65 bits per heavy atom. The Bertz CT molecular complexity index is 905. The van der Waals surface area contributed by atoms with E-state index < -0.39 is 11.5 Å². The van der Waals surface area contributed by atoms with E-state index >= 15 is 0 Å². The highest BCUT2D eigenvalue weighted by Gasteiger charge is 2.40. The van der Waals surface area contributed by atoms with Crippen molar-refractivity contribution in [2.75, 3.05) is 33.4 Å². The minimum Gasteiger partial charge on any atom is -0.496 e. The zero-order valence-corrected chi connectivity index (χ0v) is 17.5. The molecule has 0 aromatic heterocycles. The highest BCUT2D eigenvalue weighted by Crippen LogP contribution is 2.26. The van der Waals surface area contributed by atoms with E-state index in [0.29, 0.717) is 25.1 Å². The van der Waals surface area contributed by atoms with E-state index in [1.165, 1.54) is 24.3 Å². The van der Waals surface area contributed by atoms with Gasteiger partial charge in [0.25, 0.3) is 0 Å². The van der Waals surface area contributed by atoms with Crippen LogP contribution in [0.25, 0.3) is 0 Å². The molecule has 3 rings (SSSR count). The summed E-state index contributed by atoms with van der Waals surface area (Å²) in [6, 6.07) is 13.1. The number of benzene rings is 2. The highest BCUT2D eigenvalue weighted by molar-refractivity contribution is 5.78. The van der Waals surface area contributed by atoms with Crippen molar-refractivity contribution < 1.29 is 28.2 Å². The number of nitrogens with zero attached hydrogens (tertiary/aromatic N) is 1. The SMILES string of the molecule is COc1ccccc1CCC(=O)N1CCO[C@](COc2ccc(F)cc2)(CC(N)=O)C1. The quantitative estimate of drug-likeness (QED) is 0.659. The number of nitrogens with two attached hydrogens (primary N) is 1. The molecule has 1 atom stereocenters. The molecule has 0 spiro atoms. The van der Waals surface area contributed by atoms with Crippen LogP contribution < -0.4 is 15.2 Å². The van der Waals surface area contributed by atoms with E-state index in [2.05, 4.69) is 0 Å². The van der Waals surface area contributed by atoms with E-state index in [0.717, 1.165) is 11.3 Å². The number of methoxy groups -OCH3 is 1. The number of ether oxygens (including phenoxy) is 3. The van der Waals surface area contributed by atoms with Crippen molar-refractivity contribution in [2.45, 2.75) is 24.9 Å². The van der Waals surface area contributed by atoms with E-state index in [-0.39, 0.29) is 37.9 Å². The smallest absolute Gasteiger partial charge is 0.223 e. The zero-order chi connectivity index (χ0) is 22.3. The maximum absolute atomic E-state index is 13.1. The lowest BCUT2D eigenvalue weighted by Crippen LogP contribution is -2.58. The van der Waals surface area contributed by atoms with Crippen LogP contribution in [0.1, 0.15) is 18.4 Å². The van der Waals surface area contributed by atoms with Gasteiger partial charge in [0.15, 0.2) is 0 Å². The number of hydrogen-bond donors (Lipinski definition) is 1. The molecule has 0 saturated carbocycles. The number of halogens is 1.